The highest BCUT2D eigenvalue weighted by Gasteiger charge is 2.24. The van der Waals surface area contributed by atoms with Crippen LogP contribution < -0.4 is 4.74 Å². The van der Waals surface area contributed by atoms with Crippen LogP contribution in [0.1, 0.15) is 57.3 Å². The fourth-order valence-electron chi connectivity index (χ4n) is 2.12. The van der Waals surface area contributed by atoms with Crippen molar-refractivity contribution in [3.63, 3.8) is 0 Å². The summed E-state index contributed by atoms with van der Waals surface area (Å²) in [5.74, 6) is 2.25. The second-order valence-corrected chi connectivity index (χ2v) is 4.64. The topological polar surface area (TPSA) is 35.3 Å². The van der Waals surface area contributed by atoms with E-state index >= 15 is 0 Å². The molecule has 0 N–H and O–H groups in total. The van der Waals surface area contributed by atoms with Gasteiger partial charge in [0.25, 0.3) is 5.88 Å². The number of hydrogen-bond donors (Lipinski definition) is 0. The van der Waals surface area contributed by atoms with Gasteiger partial charge in [0.2, 0.25) is 0 Å². The summed E-state index contributed by atoms with van der Waals surface area (Å²) in [6.07, 6.45) is 4.89. The lowest BCUT2D eigenvalue weighted by atomic mass is 10.0. The van der Waals surface area contributed by atoms with Crippen LogP contribution in [0, 0.1) is 0 Å². The van der Waals surface area contributed by atoms with Crippen molar-refractivity contribution in [2.75, 3.05) is 0 Å². The zero-order valence-corrected chi connectivity index (χ0v) is 9.75. The summed E-state index contributed by atoms with van der Waals surface area (Å²) in [7, 11) is 0. The van der Waals surface area contributed by atoms with Crippen LogP contribution in [0.3, 0.4) is 0 Å². The van der Waals surface area contributed by atoms with Crippen LogP contribution in [0.4, 0.5) is 0 Å². The number of rotatable bonds is 2. The first-order valence-corrected chi connectivity index (χ1v) is 5.83. The van der Waals surface area contributed by atoms with E-state index in [1.807, 2.05) is 13.8 Å². The standard InChI is InChI=1S/C12H19NO2/c1-8(2)14-12-10-7-5-4-6-9(3)11(10)15-13-12/h8-9H,4-7H2,1-3H3. The molecule has 0 amide bonds. The van der Waals surface area contributed by atoms with Crippen molar-refractivity contribution in [1.82, 2.24) is 5.16 Å². The fourth-order valence-corrected chi connectivity index (χ4v) is 2.12. The Morgan fingerprint density at radius 1 is 1.40 bits per heavy atom. The smallest absolute Gasteiger partial charge is 0.257 e. The first-order chi connectivity index (χ1) is 7.18. The number of ether oxygens (including phenoxy) is 1. The van der Waals surface area contributed by atoms with Crippen LogP contribution in [0.15, 0.2) is 4.52 Å². The van der Waals surface area contributed by atoms with E-state index in [1.54, 1.807) is 0 Å². The summed E-state index contributed by atoms with van der Waals surface area (Å²) in [4.78, 5) is 0. The number of hydrogen-bond acceptors (Lipinski definition) is 3. The van der Waals surface area contributed by atoms with Gasteiger partial charge in [-0.1, -0.05) is 13.3 Å². The highest BCUT2D eigenvalue weighted by atomic mass is 16.5. The average molecular weight is 209 g/mol. The van der Waals surface area contributed by atoms with E-state index in [0.717, 1.165) is 12.2 Å². The van der Waals surface area contributed by atoms with Gasteiger partial charge in [-0.05, 0) is 38.3 Å². The summed E-state index contributed by atoms with van der Waals surface area (Å²) >= 11 is 0. The van der Waals surface area contributed by atoms with Crippen molar-refractivity contribution in [3.05, 3.63) is 11.3 Å². The minimum atomic E-state index is 0.165. The minimum Gasteiger partial charge on any atom is -0.473 e. The van der Waals surface area contributed by atoms with E-state index in [4.69, 9.17) is 9.26 Å². The minimum absolute atomic E-state index is 0.165. The molecule has 0 fully saturated rings. The first kappa shape index (κ1) is 10.5. The van der Waals surface area contributed by atoms with E-state index in [2.05, 4.69) is 12.1 Å². The second-order valence-electron chi connectivity index (χ2n) is 4.64. The van der Waals surface area contributed by atoms with Crippen molar-refractivity contribution in [3.8, 4) is 5.88 Å². The molecule has 84 valence electrons. The molecule has 2 rings (SSSR count). The molecule has 1 heterocycles. The molecule has 0 aromatic carbocycles. The number of nitrogens with zero attached hydrogens (tertiary/aromatic N) is 1. The van der Waals surface area contributed by atoms with Gasteiger partial charge in [-0.3, -0.25) is 0 Å². The normalized spacial score (nSPS) is 21.2. The number of aromatic nitrogens is 1. The zero-order valence-electron chi connectivity index (χ0n) is 9.75. The Labute approximate surface area is 90.8 Å². The van der Waals surface area contributed by atoms with Gasteiger partial charge >= 0.3 is 0 Å². The Bertz CT molecular complexity index is 330. The molecule has 1 atom stereocenters. The maximum atomic E-state index is 5.65. The van der Waals surface area contributed by atoms with Gasteiger partial charge < -0.3 is 9.26 Å². The van der Waals surface area contributed by atoms with Crippen LogP contribution in [-0.2, 0) is 6.42 Å². The molecular formula is C12H19NO2. The average Bonchev–Trinajstić information content (AvgIpc) is 2.45. The first-order valence-electron chi connectivity index (χ1n) is 5.83. The predicted molar refractivity (Wildman–Crippen MR) is 58.2 cm³/mol. The Kier molecular flexibility index (Phi) is 2.98. The SMILES string of the molecule is CC(C)Oc1noc2c1CCCCC2C. The van der Waals surface area contributed by atoms with Gasteiger partial charge in [0.05, 0.1) is 11.7 Å². The molecule has 1 aliphatic carbocycles. The van der Waals surface area contributed by atoms with Gasteiger partial charge in [-0.25, -0.2) is 0 Å². The molecule has 0 saturated heterocycles. The summed E-state index contributed by atoms with van der Waals surface area (Å²) < 4.78 is 11.1. The van der Waals surface area contributed by atoms with Crippen molar-refractivity contribution < 1.29 is 9.26 Å². The van der Waals surface area contributed by atoms with Crippen LogP contribution in [0.25, 0.3) is 0 Å². The molecule has 3 heteroatoms. The van der Waals surface area contributed by atoms with Gasteiger partial charge in [0, 0.05) is 5.92 Å². The van der Waals surface area contributed by atoms with Gasteiger partial charge in [0.15, 0.2) is 0 Å². The molecule has 1 aliphatic rings. The molecule has 1 unspecified atom stereocenters. The van der Waals surface area contributed by atoms with Crippen LogP contribution in [0.5, 0.6) is 5.88 Å². The van der Waals surface area contributed by atoms with E-state index in [9.17, 15) is 0 Å². The molecule has 0 spiro atoms. The zero-order chi connectivity index (χ0) is 10.8. The maximum absolute atomic E-state index is 5.65. The lowest BCUT2D eigenvalue weighted by Crippen LogP contribution is -2.07. The van der Waals surface area contributed by atoms with Crippen LogP contribution in [0.2, 0.25) is 0 Å². The Hall–Kier alpha value is -0.990. The van der Waals surface area contributed by atoms with Crippen LogP contribution in [-0.4, -0.2) is 11.3 Å². The molecule has 0 saturated carbocycles. The quantitative estimate of drug-likeness (QED) is 0.701. The Morgan fingerprint density at radius 2 is 2.20 bits per heavy atom. The van der Waals surface area contributed by atoms with E-state index in [0.29, 0.717) is 11.8 Å². The molecule has 15 heavy (non-hydrogen) atoms. The summed E-state index contributed by atoms with van der Waals surface area (Å²) in [6, 6.07) is 0. The van der Waals surface area contributed by atoms with Crippen molar-refractivity contribution in [2.45, 2.75) is 58.5 Å². The molecular weight excluding hydrogens is 190 g/mol. The summed E-state index contributed by atoms with van der Waals surface area (Å²) in [5, 5.41) is 4.03. The highest BCUT2D eigenvalue weighted by Crippen LogP contribution is 2.35. The van der Waals surface area contributed by atoms with Crippen molar-refractivity contribution in [2.24, 2.45) is 0 Å². The van der Waals surface area contributed by atoms with Crippen LogP contribution >= 0.6 is 0 Å². The third-order valence-electron chi connectivity index (χ3n) is 2.89. The van der Waals surface area contributed by atoms with E-state index in [-0.39, 0.29) is 6.10 Å². The Morgan fingerprint density at radius 3 is 2.93 bits per heavy atom. The maximum Gasteiger partial charge on any atom is 0.257 e. The molecule has 0 radical (unpaired) electrons. The third kappa shape index (κ3) is 2.16. The van der Waals surface area contributed by atoms with Gasteiger partial charge in [-0.15, -0.1) is 0 Å². The molecule has 1 aromatic rings. The van der Waals surface area contributed by atoms with Gasteiger partial charge in [-0.2, -0.15) is 0 Å². The lowest BCUT2D eigenvalue weighted by Gasteiger charge is -2.07. The molecule has 0 aliphatic heterocycles. The van der Waals surface area contributed by atoms with Gasteiger partial charge in [0.1, 0.15) is 5.76 Å². The Balaban J connectivity index is 2.27. The molecule has 0 bridgehead atoms. The fraction of sp³-hybridized carbons (Fsp3) is 0.750. The highest BCUT2D eigenvalue weighted by molar-refractivity contribution is 5.31. The lowest BCUT2D eigenvalue weighted by molar-refractivity contribution is 0.214. The molecule has 1 aromatic heterocycles. The largest absolute Gasteiger partial charge is 0.473 e. The third-order valence-corrected chi connectivity index (χ3v) is 2.89. The summed E-state index contributed by atoms with van der Waals surface area (Å²) in [5.41, 5.74) is 1.20. The monoisotopic (exact) mass is 209 g/mol. The predicted octanol–water partition coefficient (Wildman–Crippen LogP) is 3.29. The van der Waals surface area contributed by atoms with E-state index in [1.165, 1.54) is 24.8 Å². The second kappa shape index (κ2) is 4.25. The molecule has 3 nitrogen and oxygen atoms in total. The van der Waals surface area contributed by atoms with E-state index < -0.39 is 0 Å². The van der Waals surface area contributed by atoms with Crippen molar-refractivity contribution in [1.29, 1.82) is 0 Å². The number of fused-ring (bicyclic) bond motifs is 1. The van der Waals surface area contributed by atoms with Crippen molar-refractivity contribution >= 4 is 0 Å². The summed E-state index contributed by atoms with van der Waals surface area (Å²) in [6.45, 7) is 6.23.